The SMILES string of the molecule is CCCCCCCCOc1ccc(C(=O)NN=Cc2ccccc2OS(=O)(=O)c2ccc(C)cc2)cc1. The van der Waals surface area contributed by atoms with Gasteiger partial charge in [-0.25, -0.2) is 5.43 Å². The molecule has 0 aliphatic carbocycles. The Labute approximate surface area is 219 Å². The van der Waals surface area contributed by atoms with Gasteiger partial charge in [0, 0.05) is 11.1 Å². The molecule has 8 heteroatoms. The van der Waals surface area contributed by atoms with Crippen molar-refractivity contribution in [1.82, 2.24) is 5.43 Å². The smallest absolute Gasteiger partial charge is 0.339 e. The average molecular weight is 523 g/mol. The van der Waals surface area contributed by atoms with E-state index in [1.807, 2.05) is 6.92 Å². The molecule has 0 aromatic heterocycles. The molecule has 0 spiro atoms. The summed E-state index contributed by atoms with van der Waals surface area (Å²) >= 11 is 0. The second kappa shape index (κ2) is 14.2. The van der Waals surface area contributed by atoms with Crippen LogP contribution in [-0.2, 0) is 10.1 Å². The Morgan fingerprint density at radius 1 is 0.892 bits per heavy atom. The number of hydrogen-bond acceptors (Lipinski definition) is 6. The van der Waals surface area contributed by atoms with Gasteiger partial charge in [0.1, 0.15) is 10.6 Å². The van der Waals surface area contributed by atoms with E-state index in [1.54, 1.807) is 54.6 Å². The minimum absolute atomic E-state index is 0.0533. The number of hydrazone groups is 1. The van der Waals surface area contributed by atoms with Gasteiger partial charge in [-0.1, -0.05) is 68.9 Å². The summed E-state index contributed by atoms with van der Waals surface area (Å²) in [5.74, 6) is 0.423. The molecule has 1 N–H and O–H groups in total. The van der Waals surface area contributed by atoms with Gasteiger partial charge in [-0.3, -0.25) is 4.79 Å². The molecule has 0 aliphatic heterocycles. The Morgan fingerprint density at radius 3 is 2.30 bits per heavy atom. The highest BCUT2D eigenvalue weighted by molar-refractivity contribution is 7.87. The molecule has 196 valence electrons. The molecule has 0 saturated carbocycles. The van der Waals surface area contributed by atoms with E-state index in [0.717, 1.165) is 24.2 Å². The van der Waals surface area contributed by atoms with Crippen LogP contribution in [0.1, 0.15) is 66.9 Å². The lowest BCUT2D eigenvalue weighted by Crippen LogP contribution is -2.17. The van der Waals surface area contributed by atoms with E-state index in [4.69, 9.17) is 8.92 Å². The third kappa shape index (κ3) is 9.06. The fourth-order valence-electron chi connectivity index (χ4n) is 3.53. The number of benzene rings is 3. The second-order valence-electron chi connectivity index (χ2n) is 8.73. The molecule has 0 radical (unpaired) electrons. The molecule has 3 aromatic carbocycles. The highest BCUT2D eigenvalue weighted by Crippen LogP contribution is 2.22. The van der Waals surface area contributed by atoms with E-state index in [1.165, 1.54) is 50.1 Å². The minimum Gasteiger partial charge on any atom is -0.494 e. The number of hydrogen-bond donors (Lipinski definition) is 1. The zero-order chi connectivity index (χ0) is 26.5. The maximum absolute atomic E-state index is 12.6. The molecule has 7 nitrogen and oxygen atoms in total. The monoisotopic (exact) mass is 522 g/mol. The van der Waals surface area contributed by atoms with E-state index in [0.29, 0.717) is 17.7 Å². The first-order chi connectivity index (χ1) is 17.9. The number of amides is 1. The van der Waals surface area contributed by atoms with Crippen LogP contribution >= 0.6 is 0 Å². The average Bonchev–Trinajstić information content (AvgIpc) is 2.89. The standard InChI is InChI=1S/C29H34N2O5S/c1-3-4-5-6-7-10-21-35-26-17-15-24(16-18-26)29(32)31-30-22-25-11-8-9-12-28(25)36-37(33,34)27-19-13-23(2)14-20-27/h8-9,11-20,22H,3-7,10,21H2,1-2H3,(H,31,32). The zero-order valence-electron chi connectivity index (χ0n) is 21.4. The van der Waals surface area contributed by atoms with Crippen molar-refractivity contribution in [2.45, 2.75) is 57.3 Å². The lowest BCUT2D eigenvalue weighted by molar-refractivity contribution is 0.0955. The van der Waals surface area contributed by atoms with Gasteiger partial charge in [0.2, 0.25) is 0 Å². The molecule has 3 aromatic rings. The van der Waals surface area contributed by atoms with Crippen molar-refractivity contribution < 1.29 is 22.1 Å². The van der Waals surface area contributed by atoms with Crippen molar-refractivity contribution in [1.29, 1.82) is 0 Å². The predicted octanol–water partition coefficient (Wildman–Crippen LogP) is 6.27. The number of carbonyl (C=O) groups excluding carboxylic acids is 1. The highest BCUT2D eigenvalue weighted by Gasteiger charge is 2.18. The zero-order valence-corrected chi connectivity index (χ0v) is 22.2. The van der Waals surface area contributed by atoms with Gasteiger partial charge in [-0.15, -0.1) is 0 Å². The fraction of sp³-hybridized carbons (Fsp3) is 0.310. The van der Waals surface area contributed by atoms with Crippen molar-refractivity contribution in [3.05, 3.63) is 89.5 Å². The fourth-order valence-corrected chi connectivity index (χ4v) is 4.49. The van der Waals surface area contributed by atoms with Crippen LogP contribution in [0.15, 0.2) is 82.8 Å². The van der Waals surface area contributed by atoms with Crippen LogP contribution in [0.3, 0.4) is 0 Å². The molecule has 1 amide bonds. The van der Waals surface area contributed by atoms with Crippen LogP contribution in [0.2, 0.25) is 0 Å². The van der Waals surface area contributed by atoms with Crippen molar-refractivity contribution in [3.8, 4) is 11.5 Å². The summed E-state index contributed by atoms with van der Waals surface area (Å²) in [5, 5.41) is 3.98. The third-order valence-electron chi connectivity index (χ3n) is 5.68. The number of nitrogens with one attached hydrogen (secondary N) is 1. The molecule has 0 heterocycles. The first kappa shape index (κ1) is 27.9. The summed E-state index contributed by atoms with van der Waals surface area (Å²) in [7, 11) is -4.02. The molecule has 37 heavy (non-hydrogen) atoms. The lowest BCUT2D eigenvalue weighted by atomic mass is 10.1. The molecular weight excluding hydrogens is 488 g/mol. The van der Waals surface area contributed by atoms with E-state index in [2.05, 4.69) is 17.5 Å². The molecular formula is C29H34N2O5S. The number of aryl methyl sites for hydroxylation is 1. The first-order valence-corrected chi connectivity index (χ1v) is 14.0. The van der Waals surface area contributed by atoms with E-state index < -0.39 is 16.0 Å². The molecule has 0 bridgehead atoms. The van der Waals surface area contributed by atoms with Gasteiger partial charge >= 0.3 is 10.1 Å². The van der Waals surface area contributed by atoms with Crippen molar-refractivity contribution >= 4 is 22.2 Å². The van der Waals surface area contributed by atoms with Crippen molar-refractivity contribution in [2.75, 3.05) is 6.61 Å². The quantitative estimate of drug-likeness (QED) is 0.117. The summed E-state index contributed by atoms with van der Waals surface area (Å²) < 4.78 is 36.4. The van der Waals surface area contributed by atoms with Gasteiger partial charge in [-0.05, 0) is 61.9 Å². The summed E-state index contributed by atoms with van der Waals surface area (Å²) in [6, 6.07) is 19.8. The number of unbranched alkanes of at least 4 members (excludes halogenated alkanes) is 5. The van der Waals surface area contributed by atoms with Gasteiger partial charge in [0.15, 0.2) is 5.75 Å². The molecule has 3 rings (SSSR count). The van der Waals surface area contributed by atoms with Crippen LogP contribution in [0, 0.1) is 6.92 Å². The summed E-state index contributed by atoms with van der Waals surface area (Å²) in [6.07, 6.45) is 8.54. The molecule has 0 fully saturated rings. The molecule has 0 saturated heterocycles. The third-order valence-corrected chi connectivity index (χ3v) is 6.93. The topological polar surface area (TPSA) is 94.1 Å². The van der Waals surface area contributed by atoms with Crippen molar-refractivity contribution in [2.24, 2.45) is 5.10 Å². The second-order valence-corrected chi connectivity index (χ2v) is 10.3. The Kier molecular flexibility index (Phi) is 10.7. The van der Waals surface area contributed by atoms with Gasteiger partial charge < -0.3 is 8.92 Å². The number of carbonyl (C=O) groups is 1. The lowest BCUT2D eigenvalue weighted by Gasteiger charge is -2.09. The summed E-state index contributed by atoms with van der Waals surface area (Å²) in [4.78, 5) is 12.5. The van der Waals surface area contributed by atoms with Crippen LogP contribution < -0.4 is 14.3 Å². The van der Waals surface area contributed by atoms with Crippen LogP contribution in [0.25, 0.3) is 0 Å². The predicted molar refractivity (Wildman–Crippen MR) is 146 cm³/mol. The van der Waals surface area contributed by atoms with Gasteiger partial charge in [-0.2, -0.15) is 13.5 Å². The van der Waals surface area contributed by atoms with Crippen LogP contribution in [0.5, 0.6) is 11.5 Å². The number of ether oxygens (including phenoxy) is 1. The van der Waals surface area contributed by atoms with Crippen LogP contribution in [0.4, 0.5) is 0 Å². The van der Waals surface area contributed by atoms with E-state index in [-0.39, 0.29) is 10.6 Å². The van der Waals surface area contributed by atoms with Gasteiger partial charge in [0.05, 0.1) is 12.8 Å². The maximum atomic E-state index is 12.6. The molecule has 0 atom stereocenters. The van der Waals surface area contributed by atoms with Crippen LogP contribution in [-0.4, -0.2) is 27.1 Å². The maximum Gasteiger partial charge on any atom is 0.339 e. The summed E-state index contributed by atoms with van der Waals surface area (Å²) in [5.41, 5.74) is 4.22. The normalized spacial score (nSPS) is 11.4. The number of nitrogens with zero attached hydrogens (tertiary/aromatic N) is 1. The van der Waals surface area contributed by atoms with E-state index in [9.17, 15) is 13.2 Å². The Hall–Kier alpha value is -3.65. The minimum atomic E-state index is -4.02. The largest absolute Gasteiger partial charge is 0.494 e. The Balaban J connectivity index is 1.52. The van der Waals surface area contributed by atoms with Gasteiger partial charge in [0.25, 0.3) is 5.91 Å². The number of rotatable bonds is 14. The van der Waals surface area contributed by atoms with Crippen molar-refractivity contribution in [3.63, 3.8) is 0 Å². The first-order valence-electron chi connectivity index (χ1n) is 12.6. The Morgan fingerprint density at radius 2 is 1.57 bits per heavy atom. The Bertz CT molecular complexity index is 1270. The number of para-hydroxylation sites is 1. The van der Waals surface area contributed by atoms with E-state index >= 15 is 0 Å². The highest BCUT2D eigenvalue weighted by atomic mass is 32.2. The summed E-state index contributed by atoms with van der Waals surface area (Å²) in [6.45, 7) is 4.73. The molecule has 0 unspecified atom stereocenters. The molecule has 0 aliphatic rings.